The van der Waals surface area contributed by atoms with E-state index < -0.39 is 10.0 Å². The fourth-order valence-electron chi connectivity index (χ4n) is 2.52. The van der Waals surface area contributed by atoms with Crippen LogP contribution in [-0.2, 0) is 10.0 Å². The molecule has 13 heavy (non-hydrogen) atoms. The number of fused-ring (bicyclic) bond motifs is 2. The molecular formula is C8H14ClNO2S. The van der Waals surface area contributed by atoms with E-state index in [9.17, 15) is 8.42 Å². The largest absolute Gasteiger partial charge is 0.215 e. The lowest BCUT2D eigenvalue weighted by molar-refractivity contribution is 0.397. The molecule has 0 aromatic rings. The molecular weight excluding hydrogens is 210 g/mol. The van der Waals surface area contributed by atoms with Crippen molar-refractivity contribution in [2.24, 2.45) is 0 Å². The van der Waals surface area contributed by atoms with Gasteiger partial charge in [-0.2, -0.15) is 4.31 Å². The third-order valence-corrected chi connectivity index (χ3v) is 5.41. The number of nitrogens with zero attached hydrogens (tertiary/aromatic N) is 1. The molecule has 2 aliphatic rings. The third-order valence-electron chi connectivity index (χ3n) is 3.04. The van der Waals surface area contributed by atoms with Crippen LogP contribution < -0.4 is 0 Å². The van der Waals surface area contributed by atoms with Crippen molar-refractivity contribution < 1.29 is 8.42 Å². The standard InChI is InChI=1S/C8H14ClNO2S/c9-5-6-13(11,12)10-7-1-2-8(10)4-3-7/h7-8H,1-6H2. The van der Waals surface area contributed by atoms with Gasteiger partial charge >= 0.3 is 0 Å². The second-order valence-electron chi connectivity index (χ2n) is 3.80. The molecule has 2 saturated heterocycles. The molecule has 76 valence electrons. The second kappa shape index (κ2) is 3.41. The topological polar surface area (TPSA) is 37.4 Å². The van der Waals surface area contributed by atoms with Gasteiger partial charge in [0.2, 0.25) is 10.0 Å². The Hall–Kier alpha value is 0.200. The number of halogens is 1. The maximum Gasteiger partial charge on any atom is 0.215 e. The zero-order valence-corrected chi connectivity index (χ0v) is 9.02. The van der Waals surface area contributed by atoms with Crippen LogP contribution >= 0.6 is 11.6 Å². The molecule has 3 nitrogen and oxygen atoms in total. The summed E-state index contributed by atoms with van der Waals surface area (Å²) < 4.78 is 25.2. The summed E-state index contributed by atoms with van der Waals surface area (Å²) in [5.74, 6) is 0.305. The van der Waals surface area contributed by atoms with Crippen molar-refractivity contribution in [1.82, 2.24) is 4.31 Å². The molecule has 2 fully saturated rings. The van der Waals surface area contributed by atoms with Crippen molar-refractivity contribution in [3.05, 3.63) is 0 Å². The van der Waals surface area contributed by atoms with Crippen molar-refractivity contribution >= 4 is 21.6 Å². The van der Waals surface area contributed by atoms with E-state index in [0.29, 0.717) is 12.1 Å². The minimum Gasteiger partial charge on any atom is -0.212 e. The van der Waals surface area contributed by atoms with Gasteiger partial charge in [-0.3, -0.25) is 0 Å². The number of alkyl halides is 1. The Morgan fingerprint density at radius 2 is 1.62 bits per heavy atom. The highest BCUT2D eigenvalue weighted by molar-refractivity contribution is 7.89. The molecule has 0 saturated carbocycles. The van der Waals surface area contributed by atoms with Crippen LogP contribution in [0, 0.1) is 0 Å². The van der Waals surface area contributed by atoms with Crippen LogP contribution in [0.15, 0.2) is 0 Å². The molecule has 2 aliphatic heterocycles. The zero-order chi connectivity index (χ0) is 9.47. The monoisotopic (exact) mass is 223 g/mol. The Morgan fingerprint density at radius 3 is 2.00 bits per heavy atom. The van der Waals surface area contributed by atoms with Crippen LogP contribution in [-0.4, -0.2) is 36.4 Å². The van der Waals surface area contributed by atoms with Gasteiger partial charge in [0.05, 0.1) is 5.75 Å². The highest BCUT2D eigenvalue weighted by Crippen LogP contribution is 2.39. The molecule has 0 N–H and O–H groups in total. The van der Waals surface area contributed by atoms with Gasteiger partial charge in [-0.25, -0.2) is 8.42 Å². The molecule has 0 spiro atoms. The van der Waals surface area contributed by atoms with Crippen LogP contribution in [0.4, 0.5) is 0 Å². The SMILES string of the molecule is O=S(=O)(CCCl)N1C2CCC1CC2. The molecule has 0 radical (unpaired) electrons. The maximum atomic E-state index is 11.7. The van der Waals surface area contributed by atoms with Crippen LogP contribution in [0.5, 0.6) is 0 Å². The normalized spacial score (nSPS) is 34.2. The highest BCUT2D eigenvalue weighted by Gasteiger charge is 2.45. The molecule has 0 atom stereocenters. The molecule has 2 heterocycles. The van der Waals surface area contributed by atoms with Gasteiger partial charge in [0.25, 0.3) is 0 Å². The first-order valence-corrected chi connectivity index (χ1v) is 6.86. The third kappa shape index (κ3) is 1.60. The number of rotatable bonds is 3. The van der Waals surface area contributed by atoms with Gasteiger partial charge in [0.1, 0.15) is 0 Å². The minimum absolute atomic E-state index is 0.0988. The molecule has 0 amide bonds. The van der Waals surface area contributed by atoms with Crippen molar-refractivity contribution in [2.75, 3.05) is 11.6 Å². The molecule has 5 heteroatoms. The lowest BCUT2D eigenvalue weighted by atomic mass is 10.0. The first-order chi connectivity index (χ1) is 6.15. The summed E-state index contributed by atoms with van der Waals surface area (Å²) in [6, 6.07) is 0.580. The summed E-state index contributed by atoms with van der Waals surface area (Å²) in [4.78, 5) is 0. The number of hydrogen-bond donors (Lipinski definition) is 0. The average Bonchev–Trinajstić information content (AvgIpc) is 2.61. The highest BCUT2D eigenvalue weighted by atomic mass is 35.5. The van der Waals surface area contributed by atoms with E-state index in [1.807, 2.05) is 0 Å². The summed E-state index contributed by atoms with van der Waals surface area (Å²) in [6.45, 7) is 0. The first-order valence-electron chi connectivity index (χ1n) is 4.72. The average molecular weight is 224 g/mol. The molecule has 0 unspecified atom stereocenters. The molecule has 2 bridgehead atoms. The van der Waals surface area contributed by atoms with E-state index >= 15 is 0 Å². The van der Waals surface area contributed by atoms with E-state index in [-0.39, 0.29) is 11.6 Å². The molecule has 0 aromatic carbocycles. The lowest BCUT2D eigenvalue weighted by Crippen LogP contribution is -2.37. The fourth-order valence-corrected chi connectivity index (χ4v) is 4.84. The van der Waals surface area contributed by atoms with E-state index in [0.717, 1.165) is 25.7 Å². The van der Waals surface area contributed by atoms with E-state index in [2.05, 4.69) is 0 Å². The molecule has 0 aromatic heterocycles. The Balaban J connectivity index is 2.17. The Labute approximate surface area is 84.1 Å². The molecule has 2 rings (SSSR count). The summed E-state index contributed by atoms with van der Waals surface area (Å²) in [6.07, 6.45) is 4.19. The van der Waals surface area contributed by atoms with Crippen LogP contribution in [0.2, 0.25) is 0 Å². The van der Waals surface area contributed by atoms with Crippen LogP contribution in [0.1, 0.15) is 25.7 Å². The van der Waals surface area contributed by atoms with Gasteiger partial charge < -0.3 is 0 Å². The number of hydrogen-bond acceptors (Lipinski definition) is 2. The minimum atomic E-state index is -3.04. The first kappa shape index (κ1) is 9.74. The predicted octanol–water partition coefficient (Wildman–Crippen LogP) is 1.18. The van der Waals surface area contributed by atoms with Crippen LogP contribution in [0.25, 0.3) is 0 Å². The van der Waals surface area contributed by atoms with Crippen molar-refractivity contribution in [3.8, 4) is 0 Å². The lowest BCUT2D eigenvalue weighted by Gasteiger charge is -2.20. The zero-order valence-electron chi connectivity index (χ0n) is 7.45. The quantitative estimate of drug-likeness (QED) is 0.674. The van der Waals surface area contributed by atoms with Gasteiger partial charge in [-0.05, 0) is 25.7 Å². The Bertz CT molecular complexity index is 271. The van der Waals surface area contributed by atoms with Crippen molar-refractivity contribution in [2.45, 2.75) is 37.8 Å². The van der Waals surface area contributed by atoms with Gasteiger partial charge in [-0.1, -0.05) is 0 Å². The summed E-state index contributed by atoms with van der Waals surface area (Å²) in [7, 11) is -3.04. The van der Waals surface area contributed by atoms with Crippen LogP contribution in [0.3, 0.4) is 0 Å². The fraction of sp³-hybridized carbons (Fsp3) is 1.00. The smallest absolute Gasteiger partial charge is 0.212 e. The Morgan fingerprint density at radius 1 is 1.15 bits per heavy atom. The van der Waals surface area contributed by atoms with Crippen molar-refractivity contribution in [1.29, 1.82) is 0 Å². The second-order valence-corrected chi connectivity index (χ2v) is 6.17. The van der Waals surface area contributed by atoms with Gasteiger partial charge in [0, 0.05) is 18.0 Å². The maximum absolute atomic E-state index is 11.7. The predicted molar refractivity (Wildman–Crippen MR) is 52.4 cm³/mol. The van der Waals surface area contributed by atoms with Crippen molar-refractivity contribution in [3.63, 3.8) is 0 Å². The van der Waals surface area contributed by atoms with Gasteiger partial charge in [0.15, 0.2) is 0 Å². The van der Waals surface area contributed by atoms with Gasteiger partial charge in [-0.15, -0.1) is 11.6 Å². The Kier molecular flexibility index (Phi) is 2.55. The summed E-state index contributed by atoms with van der Waals surface area (Å²) in [5, 5.41) is 0. The van der Waals surface area contributed by atoms with E-state index in [1.54, 1.807) is 4.31 Å². The number of sulfonamides is 1. The van der Waals surface area contributed by atoms with E-state index in [4.69, 9.17) is 11.6 Å². The molecule has 0 aliphatic carbocycles. The van der Waals surface area contributed by atoms with E-state index in [1.165, 1.54) is 0 Å². The summed E-state index contributed by atoms with van der Waals surface area (Å²) >= 11 is 5.47. The summed E-state index contributed by atoms with van der Waals surface area (Å²) in [5.41, 5.74) is 0.